The van der Waals surface area contributed by atoms with Crippen molar-refractivity contribution in [2.75, 3.05) is 6.61 Å². The number of carbonyl (C=O) groups is 1. The molecule has 0 heterocycles. The summed E-state index contributed by atoms with van der Waals surface area (Å²) in [5.74, 6) is -0.165. The van der Waals surface area contributed by atoms with Gasteiger partial charge in [0.2, 0.25) is 5.91 Å². The zero-order valence-corrected chi connectivity index (χ0v) is 19.8. The van der Waals surface area contributed by atoms with Crippen molar-refractivity contribution in [2.24, 2.45) is 0 Å². The van der Waals surface area contributed by atoms with Gasteiger partial charge in [-0.2, -0.15) is 0 Å². The first kappa shape index (κ1) is 28.9. The first-order valence-electron chi connectivity index (χ1n) is 12.6. The van der Waals surface area contributed by atoms with E-state index in [4.69, 9.17) is 0 Å². The average molecular weight is 424 g/mol. The number of hydrogen-bond donors (Lipinski definition) is 3. The molecule has 2 unspecified atom stereocenters. The van der Waals surface area contributed by atoms with Crippen molar-refractivity contribution >= 4 is 5.91 Å². The predicted octanol–water partition coefficient (Wildman–Crippen LogP) is 6.22. The summed E-state index contributed by atoms with van der Waals surface area (Å²) in [5.41, 5.74) is 0. The van der Waals surface area contributed by atoms with Gasteiger partial charge >= 0.3 is 0 Å². The molecule has 30 heavy (non-hydrogen) atoms. The summed E-state index contributed by atoms with van der Waals surface area (Å²) in [6.07, 6.45) is 27.1. The van der Waals surface area contributed by atoms with Gasteiger partial charge in [-0.3, -0.25) is 4.79 Å². The maximum Gasteiger partial charge on any atom is 0.220 e. The van der Waals surface area contributed by atoms with E-state index in [9.17, 15) is 15.0 Å². The normalized spacial score (nSPS) is 13.9. The number of amides is 1. The largest absolute Gasteiger partial charge is 0.394 e. The highest BCUT2D eigenvalue weighted by Crippen LogP contribution is 2.12. The van der Waals surface area contributed by atoms with Gasteiger partial charge in [-0.15, -0.1) is 0 Å². The molecule has 0 rings (SSSR count). The Balaban J connectivity index is 3.50. The second-order valence-corrected chi connectivity index (χ2v) is 8.36. The minimum absolute atomic E-state index is 0.165. The molecule has 0 radical (unpaired) electrons. The van der Waals surface area contributed by atoms with E-state index in [0.717, 1.165) is 19.3 Å². The quantitative estimate of drug-likeness (QED) is 0.152. The summed E-state index contributed by atoms with van der Waals surface area (Å²) in [4.78, 5) is 11.4. The van der Waals surface area contributed by atoms with Crippen LogP contribution in [-0.2, 0) is 4.79 Å². The Morgan fingerprint density at radius 3 is 1.80 bits per heavy atom. The van der Waals surface area contributed by atoms with Crippen molar-refractivity contribution in [2.45, 2.75) is 129 Å². The Kier molecular flexibility index (Phi) is 21.7. The molecule has 0 aromatic heterocycles. The minimum Gasteiger partial charge on any atom is -0.394 e. The third kappa shape index (κ3) is 18.9. The predicted molar refractivity (Wildman–Crippen MR) is 129 cm³/mol. The van der Waals surface area contributed by atoms with Crippen molar-refractivity contribution in [3.63, 3.8) is 0 Å². The van der Waals surface area contributed by atoms with Gasteiger partial charge in [-0.05, 0) is 25.7 Å². The van der Waals surface area contributed by atoms with E-state index in [0.29, 0.717) is 6.42 Å². The second kappa shape index (κ2) is 22.6. The molecule has 176 valence electrons. The fourth-order valence-corrected chi connectivity index (χ4v) is 3.45. The third-order valence-electron chi connectivity index (χ3n) is 5.50. The van der Waals surface area contributed by atoms with E-state index in [-0.39, 0.29) is 12.5 Å². The molecule has 0 saturated carbocycles. The topological polar surface area (TPSA) is 69.6 Å². The van der Waals surface area contributed by atoms with Gasteiger partial charge in [-0.1, -0.05) is 109 Å². The Hall–Kier alpha value is -1.13. The third-order valence-corrected chi connectivity index (χ3v) is 5.50. The highest BCUT2D eigenvalue weighted by Gasteiger charge is 2.16. The molecular weight excluding hydrogens is 374 g/mol. The molecule has 0 spiro atoms. The van der Waals surface area contributed by atoms with Crippen LogP contribution in [0.25, 0.3) is 0 Å². The minimum atomic E-state index is -0.851. The van der Waals surface area contributed by atoms with Crippen LogP contribution >= 0.6 is 0 Å². The lowest BCUT2D eigenvalue weighted by atomic mass is 10.0. The van der Waals surface area contributed by atoms with Crippen LogP contribution in [0.1, 0.15) is 117 Å². The number of carbonyl (C=O) groups excluding carboxylic acids is 1. The molecule has 0 aliphatic rings. The van der Waals surface area contributed by atoms with E-state index >= 15 is 0 Å². The van der Waals surface area contributed by atoms with Crippen LogP contribution in [0.4, 0.5) is 0 Å². The first-order valence-corrected chi connectivity index (χ1v) is 12.6. The number of allylic oxidation sites excluding steroid dienone is 3. The maximum absolute atomic E-state index is 11.4. The first-order chi connectivity index (χ1) is 14.7. The van der Waals surface area contributed by atoms with Crippen LogP contribution in [0.15, 0.2) is 24.3 Å². The fraction of sp³-hybridized carbons (Fsp3) is 0.808. The molecule has 0 saturated heterocycles. The summed E-state index contributed by atoms with van der Waals surface area (Å²) in [6.45, 7) is 3.75. The lowest BCUT2D eigenvalue weighted by Crippen LogP contribution is -2.44. The van der Waals surface area contributed by atoms with E-state index in [1.807, 2.05) is 6.08 Å². The van der Waals surface area contributed by atoms with Crippen LogP contribution in [0.5, 0.6) is 0 Å². The van der Waals surface area contributed by atoms with Crippen molar-refractivity contribution in [3.8, 4) is 0 Å². The van der Waals surface area contributed by atoms with Crippen molar-refractivity contribution in [1.29, 1.82) is 0 Å². The van der Waals surface area contributed by atoms with Crippen LogP contribution < -0.4 is 5.32 Å². The molecule has 2 atom stereocenters. The van der Waals surface area contributed by atoms with Gasteiger partial charge in [0.25, 0.3) is 0 Å². The molecule has 4 nitrogen and oxygen atoms in total. The number of aliphatic hydroxyl groups excluding tert-OH is 2. The highest BCUT2D eigenvalue weighted by atomic mass is 16.3. The maximum atomic E-state index is 11.4. The summed E-state index contributed by atoms with van der Waals surface area (Å²) in [6, 6.07) is -0.630. The Morgan fingerprint density at radius 2 is 1.27 bits per heavy atom. The number of nitrogens with one attached hydrogen (secondary N) is 1. The van der Waals surface area contributed by atoms with Crippen molar-refractivity contribution in [3.05, 3.63) is 24.3 Å². The molecule has 1 amide bonds. The molecule has 0 bridgehead atoms. The lowest BCUT2D eigenvalue weighted by Gasteiger charge is -2.19. The highest BCUT2D eigenvalue weighted by molar-refractivity contribution is 5.75. The average Bonchev–Trinajstić information content (AvgIpc) is 2.76. The lowest BCUT2D eigenvalue weighted by molar-refractivity contribution is -0.122. The molecule has 0 fully saturated rings. The van der Waals surface area contributed by atoms with Crippen LogP contribution in [0, 0.1) is 0 Å². The van der Waals surface area contributed by atoms with Crippen molar-refractivity contribution < 1.29 is 15.0 Å². The van der Waals surface area contributed by atoms with Crippen molar-refractivity contribution in [1.82, 2.24) is 5.32 Å². The SMILES string of the molecule is CCCCCCCCCCCCCC/C=C/CC/C=C/C(O)C(CO)NC(=O)CC. The Bertz CT molecular complexity index is 434. The number of rotatable bonds is 21. The summed E-state index contributed by atoms with van der Waals surface area (Å²) in [5, 5.41) is 21.9. The Morgan fingerprint density at radius 1 is 0.767 bits per heavy atom. The van der Waals surface area contributed by atoms with Crippen LogP contribution in [-0.4, -0.2) is 34.9 Å². The van der Waals surface area contributed by atoms with Gasteiger partial charge in [-0.25, -0.2) is 0 Å². The van der Waals surface area contributed by atoms with Crippen LogP contribution in [0.2, 0.25) is 0 Å². The van der Waals surface area contributed by atoms with E-state index < -0.39 is 12.1 Å². The zero-order valence-electron chi connectivity index (χ0n) is 19.8. The molecule has 0 aliphatic heterocycles. The summed E-state index contributed by atoms with van der Waals surface area (Å²) < 4.78 is 0. The summed E-state index contributed by atoms with van der Waals surface area (Å²) in [7, 11) is 0. The fourth-order valence-electron chi connectivity index (χ4n) is 3.45. The van der Waals surface area contributed by atoms with E-state index in [2.05, 4.69) is 24.4 Å². The van der Waals surface area contributed by atoms with Gasteiger partial charge in [0.1, 0.15) is 0 Å². The van der Waals surface area contributed by atoms with Gasteiger partial charge in [0.05, 0.1) is 18.8 Å². The molecular formula is C26H49NO3. The molecule has 0 aromatic rings. The monoisotopic (exact) mass is 423 g/mol. The Labute approximate surface area is 186 Å². The molecule has 3 N–H and O–H groups in total. The molecule has 0 aliphatic carbocycles. The zero-order chi connectivity index (χ0) is 22.3. The second-order valence-electron chi connectivity index (χ2n) is 8.36. The van der Waals surface area contributed by atoms with Gasteiger partial charge in [0.15, 0.2) is 0 Å². The number of aliphatic hydroxyl groups is 2. The molecule has 0 aromatic carbocycles. The number of unbranched alkanes of at least 4 members (excludes halogenated alkanes) is 13. The smallest absolute Gasteiger partial charge is 0.220 e. The van der Waals surface area contributed by atoms with Crippen LogP contribution in [0.3, 0.4) is 0 Å². The van der Waals surface area contributed by atoms with E-state index in [1.54, 1.807) is 13.0 Å². The van der Waals surface area contributed by atoms with Gasteiger partial charge < -0.3 is 15.5 Å². The number of hydrogen-bond acceptors (Lipinski definition) is 3. The van der Waals surface area contributed by atoms with E-state index in [1.165, 1.54) is 77.0 Å². The molecule has 4 heteroatoms. The van der Waals surface area contributed by atoms with Gasteiger partial charge in [0, 0.05) is 6.42 Å². The standard InChI is InChI=1S/C26H49NO3/c1-3-5-6-7-8-9-10-11-12-13-14-15-16-17-18-19-20-21-22-25(29)24(23-28)27-26(30)4-2/h17-18,21-22,24-25,28-29H,3-16,19-20,23H2,1-2H3,(H,27,30)/b18-17+,22-21+. The summed E-state index contributed by atoms with van der Waals surface area (Å²) >= 11 is 0.